The van der Waals surface area contributed by atoms with Gasteiger partial charge in [-0.1, -0.05) is 0 Å². The van der Waals surface area contributed by atoms with Gasteiger partial charge in [-0.15, -0.1) is 0 Å². The van der Waals surface area contributed by atoms with E-state index in [1.54, 1.807) is 18.2 Å². The fourth-order valence-corrected chi connectivity index (χ4v) is 1.08. The highest BCUT2D eigenvalue weighted by Crippen LogP contribution is 2.19. The molecule has 1 aromatic carbocycles. The van der Waals surface area contributed by atoms with Crippen molar-refractivity contribution < 1.29 is 14.3 Å². The van der Waals surface area contributed by atoms with Gasteiger partial charge in [0.25, 0.3) is 0 Å². The summed E-state index contributed by atoms with van der Waals surface area (Å²) in [5.74, 6) is -0.0204. The largest absolute Gasteiger partial charge is 0.496 e. The first-order valence-corrected chi connectivity index (χ1v) is 3.99. The van der Waals surface area contributed by atoms with Gasteiger partial charge in [-0.2, -0.15) is 0 Å². The van der Waals surface area contributed by atoms with E-state index < -0.39 is 5.97 Å². The van der Waals surface area contributed by atoms with E-state index in [-0.39, 0.29) is 0 Å². The molecule has 0 fully saturated rings. The number of hydrogen-bond acceptors (Lipinski definition) is 4. The van der Waals surface area contributed by atoms with Crippen molar-refractivity contribution >= 4 is 12.2 Å². The number of carbonyl (C=O) groups is 1. The van der Waals surface area contributed by atoms with Gasteiger partial charge in [0.2, 0.25) is 0 Å². The molecule has 0 saturated heterocycles. The molecule has 0 saturated carbocycles. The highest BCUT2D eigenvalue weighted by Gasteiger charge is 2.12. The lowest BCUT2D eigenvalue weighted by molar-refractivity contribution is 0.0597. The summed E-state index contributed by atoms with van der Waals surface area (Å²) in [4.78, 5) is 11.3. The summed E-state index contributed by atoms with van der Waals surface area (Å²) in [5, 5.41) is 7.05. The van der Waals surface area contributed by atoms with Gasteiger partial charge in [0.1, 0.15) is 11.3 Å². The minimum absolute atomic E-state index is 0.330. The molecule has 4 heteroatoms. The maximum absolute atomic E-state index is 11.3. The Balaban J connectivity index is 3.21. The number of ether oxygens (including phenoxy) is 2. The molecule has 0 atom stereocenters. The minimum atomic E-state index is -0.467. The van der Waals surface area contributed by atoms with Crippen molar-refractivity contribution in [3.63, 3.8) is 0 Å². The summed E-state index contributed by atoms with van der Waals surface area (Å²) < 4.78 is 9.58. The highest BCUT2D eigenvalue weighted by atomic mass is 16.5. The summed E-state index contributed by atoms with van der Waals surface area (Å²) in [6, 6.07) is 4.88. The number of carbonyl (C=O) groups excluding carboxylic acids is 1. The van der Waals surface area contributed by atoms with Crippen LogP contribution in [0.1, 0.15) is 15.9 Å². The maximum Gasteiger partial charge on any atom is 0.341 e. The monoisotopic (exact) mass is 193 g/mol. The molecule has 0 aliphatic rings. The van der Waals surface area contributed by atoms with E-state index >= 15 is 0 Å². The van der Waals surface area contributed by atoms with Crippen molar-refractivity contribution in [1.29, 1.82) is 5.41 Å². The van der Waals surface area contributed by atoms with E-state index in [9.17, 15) is 4.79 Å². The second kappa shape index (κ2) is 4.41. The van der Waals surface area contributed by atoms with Crippen LogP contribution < -0.4 is 4.74 Å². The molecule has 74 valence electrons. The summed E-state index contributed by atoms with van der Waals surface area (Å²) in [6.07, 6.45) is 1.16. The SMILES string of the molecule is COC(=O)c1cc(C=N)ccc1OC. The topological polar surface area (TPSA) is 59.4 Å². The van der Waals surface area contributed by atoms with Crippen LogP contribution in [0.4, 0.5) is 0 Å². The van der Waals surface area contributed by atoms with E-state index in [1.165, 1.54) is 14.2 Å². The number of esters is 1. The van der Waals surface area contributed by atoms with Gasteiger partial charge in [-0.05, 0) is 23.8 Å². The van der Waals surface area contributed by atoms with Gasteiger partial charge >= 0.3 is 5.97 Å². The Morgan fingerprint density at radius 3 is 2.64 bits per heavy atom. The lowest BCUT2D eigenvalue weighted by Crippen LogP contribution is -2.04. The standard InChI is InChI=1S/C10H11NO3/c1-13-9-4-3-7(6-11)5-8(9)10(12)14-2/h3-6,11H,1-2H3. The average molecular weight is 193 g/mol. The molecule has 0 bridgehead atoms. The van der Waals surface area contributed by atoms with E-state index in [0.717, 1.165) is 6.21 Å². The fourth-order valence-electron chi connectivity index (χ4n) is 1.08. The van der Waals surface area contributed by atoms with Crippen LogP contribution >= 0.6 is 0 Å². The summed E-state index contributed by atoms with van der Waals surface area (Å²) >= 11 is 0. The smallest absolute Gasteiger partial charge is 0.341 e. The molecule has 0 aliphatic heterocycles. The average Bonchev–Trinajstić information content (AvgIpc) is 2.27. The Kier molecular flexibility index (Phi) is 3.23. The molecule has 1 aromatic rings. The van der Waals surface area contributed by atoms with E-state index in [1.807, 2.05) is 0 Å². The Hall–Kier alpha value is -1.84. The number of benzene rings is 1. The summed E-state index contributed by atoms with van der Waals surface area (Å²) in [5.41, 5.74) is 0.960. The van der Waals surface area contributed by atoms with Crippen molar-refractivity contribution in [1.82, 2.24) is 0 Å². The van der Waals surface area contributed by atoms with Crippen molar-refractivity contribution in [3.8, 4) is 5.75 Å². The van der Waals surface area contributed by atoms with Crippen LogP contribution in [0.15, 0.2) is 18.2 Å². The molecule has 0 amide bonds. The number of rotatable bonds is 3. The number of hydrogen-bond donors (Lipinski definition) is 1. The molecule has 0 unspecified atom stereocenters. The Bertz CT molecular complexity index is 360. The fraction of sp³-hybridized carbons (Fsp3) is 0.200. The third-order valence-corrected chi connectivity index (χ3v) is 1.80. The van der Waals surface area contributed by atoms with Crippen molar-refractivity contribution in [2.24, 2.45) is 0 Å². The molecule has 1 N–H and O–H groups in total. The zero-order valence-electron chi connectivity index (χ0n) is 8.03. The van der Waals surface area contributed by atoms with Gasteiger partial charge in [0.15, 0.2) is 0 Å². The first-order valence-electron chi connectivity index (χ1n) is 3.99. The van der Waals surface area contributed by atoms with Gasteiger partial charge in [0.05, 0.1) is 14.2 Å². The molecule has 0 aliphatic carbocycles. The quantitative estimate of drug-likeness (QED) is 0.584. The normalized spacial score (nSPS) is 9.29. The Morgan fingerprint density at radius 1 is 1.43 bits per heavy atom. The zero-order valence-corrected chi connectivity index (χ0v) is 8.03. The van der Waals surface area contributed by atoms with E-state index in [0.29, 0.717) is 16.9 Å². The number of nitrogens with one attached hydrogen (secondary N) is 1. The summed E-state index contributed by atoms with van der Waals surface area (Å²) in [7, 11) is 2.78. The molecule has 0 heterocycles. The molecular weight excluding hydrogens is 182 g/mol. The lowest BCUT2D eigenvalue weighted by Gasteiger charge is -2.06. The Morgan fingerprint density at radius 2 is 2.14 bits per heavy atom. The molecular formula is C10H11NO3. The van der Waals surface area contributed by atoms with Crippen LogP contribution in [0.3, 0.4) is 0 Å². The first-order chi connectivity index (χ1) is 6.72. The highest BCUT2D eigenvalue weighted by molar-refractivity contribution is 5.94. The van der Waals surface area contributed by atoms with E-state index in [4.69, 9.17) is 10.1 Å². The molecule has 14 heavy (non-hydrogen) atoms. The predicted octanol–water partition coefficient (Wildman–Crippen LogP) is 1.48. The minimum Gasteiger partial charge on any atom is -0.496 e. The second-order valence-electron chi connectivity index (χ2n) is 2.60. The molecule has 0 spiro atoms. The summed E-state index contributed by atoms with van der Waals surface area (Å²) in [6.45, 7) is 0. The van der Waals surface area contributed by atoms with Crippen LogP contribution in [0.25, 0.3) is 0 Å². The van der Waals surface area contributed by atoms with Crippen LogP contribution in [-0.4, -0.2) is 26.4 Å². The first kappa shape index (κ1) is 10.2. The molecule has 0 radical (unpaired) electrons. The van der Waals surface area contributed by atoms with Crippen LogP contribution in [-0.2, 0) is 4.74 Å². The Labute approximate surface area is 82.0 Å². The van der Waals surface area contributed by atoms with E-state index in [2.05, 4.69) is 4.74 Å². The predicted molar refractivity (Wildman–Crippen MR) is 52.2 cm³/mol. The molecule has 1 rings (SSSR count). The van der Waals surface area contributed by atoms with Gasteiger partial charge in [0, 0.05) is 6.21 Å². The molecule has 4 nitrogen and oxygen atoms in total. The maximum atomic E-state index is 11.3. The van der Waals surface area contributed by atoms with Crippen LogP contribution in [0.2, 0.25) is 0 Å². The van der Waals surface area contributed by atoms with Crippen molar-refractivity contribution in [2.45, 2.75) is 0 Å². The second-order valence-corrected chi connectivity index (χ2v) is 2.60. The van der Waals surface area contributed by atoms with Gasteiger partial charge in [-0.3, -0.25) is 0 Å². The number of methoxy groups -OCH3 is 2. The third kappa shape index (κ3) is 1.90. The zero-order chi connectivity index (χ0) is 10.6. The van der Waals surface area contributed by atoms with Crippen LogP contribution in [0, 0.1) is 5.41 Å². The van der Waals surface area contributed by atoms with Crippen molar-refractivity contribution in [2.75, 3.05) is 14.2 Å². The third-order valence-electron chi connectivity index (χ3n) is 1.80. The molecule has 0 aromatic heterocycles. The van der Waals surface area contributed by atoms with Crippen molar-refractivity contribution in [3.05, 3.63) is 29.3 Å². The van der Waals surface area contributed by atoms with Gasteiger partial charge in [-0.25, -0.2) is 4.79 Å². The lowest BCUT2D eigenvalue weighted by atomic mass is 10.1. The van der Waals surface area contributed by atoms with Gasteiger partial charge < -0.3 is 14.9 Å². The van der Waals surface area contributed by atoms with Crippen LogP contribution in [0.5, 0.6) is 5.75 Å².